The Balaban J connectivity index is 2.84. The van der Waals surface area contributed by atoms with Crippen LogP contribution in [0.25, 0.3) is 0 Å². The molecule has 0 saturated carbocycles. The topological polar surface area (TPSA) is 49.3 Å². The number of hydrogen-bond donors (Lipinski definition) is 2. The van der Waals surface area contributed by atoms with Crippen LogP contribution in [0.4, 0.5) is 0 Å². The molecule has 0 heterocycles. The van der Waals surface area contributed by atoms with Crippen LogP contribution in [0.1, 0.15) is 39.2 Å². The Labute approximate surface area is 123 Å². The van der Waals surface area contributed by atoms with Crippen LogP contribution < -0.4 is 5.32 Å². The van der Waals surface area contributed by atoms with E-state index < -0.39 is 5.41 Å². The molecule has 1 amide bonds. The Kier molecular flexibility index (Phi) is 6.01. The molecule has 0 radical (unpaired) electrons. The molecule has 3 nitrogen and oxygen atoms in total. The van der Waals surface area contributed by atoms with Crippen LogP contribution in [-0.4, -0.2) is 23.7 Å². The molecule has 1 aromatic rings. The van der Waals surface area contributed by atoms with Gasteiger partial charge >= 0.3 is 0 Å². The Morgan fingerprint density at radius 3 is 2.68 bits per heavy atom. The third-order valence-corrected chi connectivity index (χ3v) is 3.91. The highest BCUT2D eigenvalue weighted by Crippen LogP contribution is 2.26. The number of rotatable bonds is 6. The van der Waals surface area contributed by atoms with E-state index in [4.69, 9.17) is 5.11 Å². The van der Waals surface area contributed by atoms with Gasteiger partial charge in [-0.05, 0) is 44.4 Å². The van der Waals surface area contributed by atoms with Gasteiger partial charge in [-0.2, -0.15) is 0 Å². The summed E-state index contributed by atoms with van der Waals surface area (Å²) in [6, 6.07) is 7.82. The van der Waals surface area contributed by atoms with Crippen LogP contribution in [0.3, 0.4) is 0 Å². The number of aliphatic hydroxyl groups excluding tert-OH is 1. The first kappa shape index (κ1) is 16.2. The predicted molar refractivity (Wildman–Crippen MR) is 81.1 cm³/mol. The van der Waals surface area contributed by atoms with Crippen molar-refractivity contribution in [2.75, 3.05) is 6.61 Å². The Morgan fingerprint density at radius 1 is 1.47 bits per heavy atom. The van der Waals surface area contributed by atoms with E-state index in [0.717, 1.165) is 16.5 Å². The largest absolute Gasteiger partial charge is 0.396 e. The van der Waals surface area contributed by atoms with E-state index >= 15 is 0 Å². The van der Waals surface area contributed by atoms with Crippen molar-refractivity contribution < 1.29 is 9.90 Å². The van der Waals surface area contributed by atoms with Gasteiger partial charge in [0.05, 0.1) is 5.41 Å². The lowest BCUT2D eigenvalue weighted by Crippen LogP contribution is -2.45. The summed E-state index contributed by atoms with van der Waals surface area (Å²) in [4.78, 5) is 12.4. The highest BCUT2D eigenvalue weighted by Gasteiger charge is 2.30. The van der Waals surface area contributed by atoms with Crippen LogP contribution in [-0.2, 0) is 10.2 Å². The van der Waals surface area contributed by atoms with Crippen LogP contribution in [0.5, 0.6) is 0 Å². The third kappa shape index (κ3) is 4.32. The first-order chi connectivity index (χ1) is 8.91. The Hall–Kier alpha value is -0.870. The second-order valence-corrected chi connectivity index (χ2v) is 6.14. The van der Waals surface area contributed by atoms with Gasteiger partial charge in [-0.1, -0.05) is 35.0 Å². The molecule has 0 aliphatic carbocycles. The summed E-state index contributed by atoms with van der Waals surface area (Å²) >= 11 is 3.43. The number of halogens is 1. The molecule has 0 aromatic heterocycles. The summed E-state index contributed by atoms with van der Waals surface area (Å²) in [5, 5.41) is 12.0. The second-order valence-electron chi connectivity index (χ2n) is 5.23. The first-order valence-corrected chi connectivity index (χ1v) is 7.39. The van der Waals surface area contributed by atoms with Crippen LogP contribution in [0.15, 0.2) is 28.7 Å². The van der Waals surface area contributed by atoms with E-state index in [2.05, 4.69) is 21.2 Å². The van der Waals surface area contributed by atoms with Crippen molar-refractivity contribution in [2.45, 2.75) is 45.1 Å². The SMILES string of the molecule is CCC(CCO)NC(=O)C(C)(C)c1cccc(Br)c1. The maximum absolute atomic E-state index is 12.4. The van der Waals surface area contributed by atoms with Crippen molar-refractivity contribution in [1.82, 2.24) is 5.32 Å². The molecule has 4 heteroatoms. The fraction of sp³-hybridized carbons (Fsp3) is 0.533. The molecular weight excluding hydrogens is 306 g/mol. The van der Waals surface area contributed by atoms with Crippen molar-refractivity contribution in [3.63, 3.8) is 0 Å². The van der Waals surface area contributed by atoms with E-state index in [0.29, 0.717) is 6.42 Å². The minimum absolute atomic E-state index is 0.00843. The normalized spacial score (nSPS) is 13.1. The first-order valence-electron chi connectivity index (χ1n) is 6.59. The van der Waals surface area contributed by atoms with Crippen molar-refractivity contribution in [3.05, 3.63) is 34.3 Å². The zero-order chi connectivity index (χ0) is 14.5. The molecule has 0 aliphatic heterocycles. The molecule has 0 fully saturated rings. The quantitative estimate of drug-likeness (QED) is 0.843. The minimum Gasteiger partial charge on any atom is -0.396 e. The number of carbonyl (C=O) groups is 1. The highest BCUT2D eigenvalue weighted by atomic mass is 79.9. The van der Waals surface area contributed by atoms with Crippen molar-refractivity contribution in [1.29, 1.82) is 0 Å². The van der Waals surface area contributed by atoms with Gasteiger partial charge < -0.3 is 10.4 Å². The molecule has 106 valence electrons. The summed E-state index contributed by atoms with van der Waals surface area (Å²) in [6.07, 6.45) is 1.41. The van der Waals surface area contributed by atoms with E-state index in [1.807, 2.05) is 45.0 Å². The maximum Gasteiger partial charge on any atom is 0.230 e. The lowest BCUT2D eigenvalue weighted by atomic mass is 9.83. The fourth-order valence-electron chi connectivity index (χ4n) is 1.91. The summed E-state index contributed by atoms with van der Waals surface area (Å²) < 4.78 is 0.966. The number of amides is 1. The van der Waals surface area contributed by atoms with Gasteiger partial charge in [-0.3, -0.25) is 4.79 Å². The molecule has 2 N–H and O–H groups in total. The highest BCUT2D eigenvalue weighted by molar-refractivity contribution is 9.10. The Morgan fingerprint density at radius 2 is 2.16 bits per heavy atom. The minimum atomic E-state index is -0.591. The maximum atomic E-state index is 12.4. The van der Waals surface area contributed by atoms with Gasteiger partial charge in [0.15, 0.2) is 0 Å². The molecule has 1 atom stereocenters. The summed E-state index contributed by atoms with van der Waals surface area (Å²) in [6.45, 7) is 5.92. The molecule has 1 aromatic carbocycles. The molecule has 1 unspecified atom stereocenters. The van der Waals surface area contributed by atoms with Crippen molar-refractivity contribution in [3.8, 4) is 0 Å². The van der Waals surface area contributed by atoms with Crippen molar-refractivity contribution >= 4 is 21.8 Å². The molecule has 0 aliphatic rings. The molecule has 0 bridgehead atoms. The van der Waals surface area contributed by atoms with E-state index in [1.165, 1.54) is 0 Å². The monoisotopic (exact) mass is 327 g/mol. The van der Waals surface area contributed by atoms with E-state index in [9.17, 15) is 4.79 Å². The number of nitrogens with one attached hydrogen (secondary N) is 1. The van der Waals surface area contributed by atoms with Gasteiger partial charge in [-0.25, -0.2) is 0 Å². The molecule has 0 spiro atoms. The van der Waals surface area contributed by atoms with Crippen molar-refractivity contribution in [2.24, 2.45) is 0 Å². The molecule has 19 heavy (non-hydrogen) atoms. The standard InChI is InChI=1S/C15H22BrNO2/c1-4-13(8-9-18)17-14(19)15(2,3)11-6-5-7-12(16)10-11/h5-7,10,13,18H,4,8-9H2,1-3H3,(H,17,19). The number of carbonyl (C=O) groups excluding carboxylic acids is 1. The number of benzene rings is 1. The van der Waals surface area contributed by atoms with Crippen LogP contribution in [0.2, 0.25) is 0 Å². The summed E-state index contributed by atoms with van der Waals surface area (Å²) in [5.74, 6) is -0.00843. The molecule has 0 saturated heterocycles. The Bertz CT molecular complexity index is 432. The average molecular weight is 328 g/mol. The third-order valence-electron chi connectivity index (χ3n) is 3.42. The summed E-state index contributed by atoms with van der Waals surface area (Å²) in [7, 11) is 0. The lowest BCUT2D eigenvalue weighted by Gasteiger charge is -2.27. The molecule has 1 rings (SSSR count). The second kappa shape index (κ2) is 7.06. The smallest absolute Gasteiger partial charge is 0.230 e. The van der Waals surface area contributed by atoms with Gasteiger partial charge in [0.25, 0.3) is 0 Å². The van der Waals surface area contributed by atoms with Crippen LogP contribution in [0, 0.1) is 0 Å². The van der Waals surface area contributed by atoms with E-state index in [-0.39, 0.29) is 18.6 Å². The van der Waals surface area contributed by atoms with Gasteiger partial charge in [0.2, 0.25) is 5.91 Å². The van der Waals surface area contributed by atoms with Gasteiger partial charge in [0, 0.05) is 17.1 Å². The fourth-order valence-corrected chi connectivity index (χ4v) is 2.31. The number of aliphatic hydroxyl groups is 1. The van der Waals surface area contributed by atoms with Gasteiger partial charge in [0.1, 0.15) is 0 Å². The molecular formula is C15H22BrNO2. The zero-order valence-corrected chi connectivity index (χ0v) is 13.3. The van der Waals surface area contributed by atoms with Crippen LogP contribution >= 0.6 is 15.9 Å². The number of hydrogen-bond acceptors (Lipinski definition) is 2. The zero-order valence-electron chi connectivity index (χ0n) is 11.7. The lowest BCUT2D eigenvalue weighted by molar-refractivity contribution is -0.126. The predicted octanol–water partition coefficient (Wildman–Crippen LogP) is 3.00. The summed E-state index contributed by atoms with van der Waals surface area (Å²) in [5.41, 5.74) is 0.380. The average Bonchev–Trinajstić information content (AvgIpc) is 2.38. The van der Waals surface area contributed by atoms with Gasteiger partial charge in [-0.15, -0.1) is 0 Å². The van der Waals surface area contributed by atoms with E-state index in [1.54, 1.807) is 0 Å².